The molecule has 0 aliphatic rings. The van der Waals surface area contributed by atoms with Gasteiger partial charge >= 0.3 is 5.97 Å². The number of anilines is 1. The number of aliphatic carboxylic acids is 1. The van der Waals surface area contributed by atoms with Gasteiger partial charge in [0.2, 0.25) is 5.91 Å². The highest BCUT2D eigenvalue weighted by Gasteiger charge is 2.42. The number of carboxylic acids is 1. The first-order valence-corrected chi connectivity index (χ1v) is 19.2. The van der Waals surface area contributed by atoms with Gasteiger partial charge in [-0.15, -0.1) is 0 Å². The van der Waals surface area contributed by atoms with Gasteiger partial charge in [-0.25, -0.2) is 4.98 Å². The summed E-state index contributed by atoms with van der Waals surface area (Å²) >= 11 is 4.76. The minimum Gasteiger partial charge on any atom is -0.481 e. The highest BCUT2D eigenvalue weighted by atomic mass is 32.1. The maximum atomic E-state index is 15.0. The van der Waals surface area contributed by atoms with E-state index in [1.807, 2.05) is 164 Å². The second-order valence-electron chi connectivity index (χ2n) is 13.7. The van der Waals surface area contributed by atoms with Gasteiger partial charge in [0.15, 0.2) is 0 Å². The molecule has 2 amide bonds. The Bertz CT molecular complexity index is 2040. The van der Waals surface area contributed by atoms with Gasteiger partial charge in [-0.3, -0.25) is 18.7 Å². The van der Waals surface area contributed by atoms with E-state index in [1.165, 1.54) is 4.31 Å². The summed E-state index contributed by atoms with van der Waals surface area (Å²) in [6.07, 6.45) is 2.95. The molecule has 0 radical (unpaired) electrons. The number of amides is 2. The molecule has 0 saturated heterocycles. The highest BCUT2D eigenvalue weighted by molar-refractivity contribution is 7.78. The van der Waals surface area contributed by atoms with Crippen molar-refractivity contribution in [1.29, 1.82) is 0 Å². The molecule has 1 unspecified atom stereocenters. The van der Waals surface area contributed by atoms with Gasteiger partial charge < -0.3 is 15.7 Å². The van der Waals surface area contributed by atoms with Crippen LogP contribution in [0, 0.1) is 0 Å². The normalized spacial score (nSPS) is 12.2. The lowest BCUT2D eigenvalue weighted by atomic mass is 9.65. The second-order valence-corrected chi connectivity index (χ2v) is 14.1. The number of carbonyl (C=O) groups excluding carboxylic acids is 2. The Hall–Kier alpha value is -6.19. The Morgan fingerprint density at radius 1 is 0.661 bits per heavy atom. The number of carbonyl (C=O) groups is 3. The number of hydrogen-bond acceptors (Lipinski definition) is 6. The van der Waals surface area contributed by atoms with Gasteiger partial charge in [-0.2, -0.15) is 0 Å². The summed E-state index contributed by atoms with van der Waals surface area (Å²) in [7, 11) is 0. The van der Waals surface area contributed by atoms with Crippen molar-refractivity contribution >= 4 is 36.4 Å². The van der Waals surface area contributed by atoms with Crippen molar-refractivity contribution in [3.05, 3.63) is 192 Å². The maximum absolute atomic E-state index is 15.0. The molecule has 2 atom stereocenters. The van der Waals surface area contributed by atoms with E-state index in [9.17, 15) is 19.5 Å². The highest BCUT2D eigenvalue weighted by Crippen LogP contribution is 2.44. The molecule has 8 nitrogen and oxygen atoms in total. The van der Waals surface area contributed by atoms with Gasteiger partial charge in [0.1, 0.15) is 11.9 Å². The average molecular weight is 763 g/mol. The summed E-state index contributed by atoms with van der Waals surface area (Å²) in [6.45, 7) is 0.635. The topological polar surface area (TPSA) is 112 Å². The Morgan fingerprint density at radius 3 is 1.70 bits per heavy atom. The average Bonchev–Trinajstić information content (AvgIpc) is 3.25. The molecule has 5 aromatic carbocycles. The number of pyridine rings is 1. The van der Waals surface area contributed by atoms with Crippen LogP contribution in [0.15, 0.2) is 170 Å². The van der Waals surface area contributed by atoms with Crippen molar-refractivity contribution < 1.29 is 19.5 Å². The molecule has 284 valence electrons. The Balaban J connectivity index is 1.34. The first-order chi connectivity index (χ1) is 27.3. The number of hydrogen-bond donors (Lipinski definition) is 4. The summed E-state index contributed by atoms with van der Waals surface area (Å²) in [5, 5.41) is 16.5. The van der Waals surface area contributed by atoms with E-state index < -0.39 is 29.4 Å². The number of thiol groups is 1. The Labute approximate surface area is 334 Å². The van der Waals surface area contributed by atoms with Crippen LogP contribution in [0.3, 0.4) is 0 Å². The molecule has 3 N–H and O–H groups in total. The lowest BCUT2D eigenvalue weighted by Crippen LogP contribution is -2.51. The molecule has 0 bridgehead atoms. The van der Waals surface area contributed by atoms with Crippen LogP contribution in [0.4, 0.5) is 5.82 Å². The van der Waals surface area contributed by atoms with Crippen LogP contribution >= 0.6 is 12.8 Å². The molecule has 56 heavy (non-hydrogen) atoms. The van der Waals surface area contributed by atoms with E-state index in [2.05, 4.69) is 15.6 Å². The van der Waals surface area contributed by atoms with Crippen molar-refractivity contribution in [3.63, 3.8) is 0 Å². The third kappa shape index (κ3) is 9.91. The molecule has 9 heteroatoms. The fraction of sp³-hybridized carbons (Fsp3) is 0.191. The van der Waals surface area contributed by atoms with Crippen LogP contribution in [-0.4, -0.2) is 44.8 Å². The maximum Gasteiger partial charge on any atom is 0.305 e. The van der Waals surface area contributed by atoms with Crippen molar-refractivity contribution in [2.24, 2.45) is 0 Å². The van der Waals surface area contributed by atoms with Crippen LogP contribution in [0.25, 0.3) is 11.1 Å². The van der Waals surface area contributed by atoms with E-state index in [4.69, 9.17) is 12.8 Å². The van der Waals surface area contributed by atoms with E-state index in [0.717, 1.165) is 33.6 Å². The molecule has 0 aliphatic heterocycles. The zero-order valence-corrected chi connectivity index (χ0v) is 32.0. The van der Waals surface area contributed by atoms with Gasteiger partial charge in [-0.05, 0) is 64.8 Å². The fourth-order valence-corrected chi connectivity index (χ4v) is 7.60. The van der Waals surface area contributed by atoms with E-state index in [-0.39, 0.29) is 25.2 Å². The Morgan fingerprint density at radius 2 is 1.18 bits per heavy atom. The first-order valence-electron chi connectivity index (χ1n) is 18.8. The number of nitrogens with zero attached hydrogens (tertiary/aromatic N) is 2. The molecular weight excluding hydrogens is 717 g/mol. The SMILES string of the molecule is O=C(O)CC(c1ccc(-c2ccccc2)cc1)N(S)C(=O)[C@@H](CC(c1ccccc1)(c1ccccc1)c1ccccc1)NC(=O)CCCCNc1ccccn1. The van der Waals surface area contributed by atoms with Crippen molar-refractivity contribution in [1.82, 2.24) is 14.6 Å². The fourth-order valence-electron chi connectivity index (χ4n) is 7.24. The predicted molar refractivity (Wildman–Crippen MR) is 225 cm³/mol. The van der Waals surface area contributed by atoms with Crippen LogP contribution in [-0.2, 0) is 19.8 Å². The summed E-state index contributed by atoms with van der Waals surface area (Å²) < 4.78 is 1.19. The first kappa shape index (κ1) is 39.5. The van der Waals surface area contributed by atoms with Crippen molar-refractivity contribution in [3.8, 4) is 11.1 Å². The molecule has 0 aliphatic carbocycles. The molecule has 0 fully saturated rings. The van der Waals surface area contributed by atoms with Gasteiger partial charge in [0.25, 0.3) is 5.91 Å². The summed E-state index contributed by atoms with van der Waals surface area (Å²) in [4.78, 5) is 45.5. The zero-order chi connectivity index (χ0) is 39.2. The van der Waals surface area contributed by atoms with Crippen LogP contribution in [0.5, 0.6) is 0 Å². The van der Waals surface area contributed by atoms with E-state index >= 15 is 0 Å². The summed E-state index contributed by atoms with van der Waals surface area (Å²) in [5.74, 6) is -1.11. The molecule has 0 saturated carbocycles. The van der Waals surface area contributed by atoms with Crippen LogP contribution < -0.4 is 10.6 Å². The quantitative estimate of drug-likeness (QED) is 0.0395. The summed E-state index contributed by atoms with van der Waals surface area (Å²) in [6, 6.07) is 50.9. The van der Waals surface area contributed by atoms with E-state index in [1.54, 1.807) is 6.20 Å². The number of rotatable bonds is 18. The second kappa shape index (κ2) is 19.4. The van der Waals surface area contributed by atoms with Crippen molar-refractivity contribution in [2.45, 2.75) is 49.6 Å². The smallest absolute Gasteiger partial charge is 0.305 e. The lowest BCUT2D eigenvalue weighted by Gasteiger charge is -2.40. The van der Waals surface area contributed by atoms with Gasteiger partial charge in [0, 0.05) is 24.6 Å². The van der Waals surface area contributed by atoms with Crippen molar-refractivity contribution in [2.75, 3.05) is 11.9 Å². The minimum absolute atomic E-state index is 0.140. The van der Waals surface area contributed by atoms with Gasteiger partial charge in [-0.1, -0.05) is 164 Å². The lowest BCUT2D eigenvalue weighted by molar-refractivity contribution is -0.140. The largest absolute Gasteiger partial charge is 0.481 e. The number of unbranched alkanes of at least 4 members (excludes halogenated alkanes) is 1. The third-order valence-electron chi connectivity index (χ3n) is 10.0. The number of carboxylic acid groups (broad SMARTS) is 1. The molecule has 0 spiro atoms. The monoisotopic (exact) mass is 762 g/mol. The third-order valence-corrected chi connectivity index (χ3v) is 10.5. The molecule has 1 heterocycles. The molecular formula is C47H46N4O4S. The zero-order valence-electron chi connectivity index (χ0n) is 31.1. The number of aromatic nitrogens is 1. The predicted octanol–water partition coefficient (Wildman–Crippen LogP) is 9.13. The van der Waals surface area contributed by atoms with Crippen LogP contribution in [0.2, 0.25) is 0 Å². The van der Waals surface area contributed by atoms with Gasteiger partial charge in [0.05, 0.1) is 12.5 Å². The summed E-state index contributed by atoms with van der Waals surface area (Å²) in [5.41, 5.74) is 4.51. The Kier molecular flexibility index (Phi) is 13.7. The molecule has 6 aromatic rings. The standard InChI is InChI=1S/C47H46N4O4S/c52-44(26-14-16-32-49-43-25-13-15-31-48-43)50-41(34-47(38-19-7-2-8-20-38,39-21-9-3-10-22-39)40-23-11-4-12-24-40)46(55)51(56)42(33-45(53)54)37-29-27-36(28-30-37)35-17-5-1-6-18-35/h1-13,15,17-25,27-31,41-42,56H,14,16,26,32-34H2,(H,48,49)(H,50,52)(H,53,54)/t41-,42?/m1/s1. The molecule has 6 rings (SSSR count). The molecule has 1 aromatic heterocycles. The van der Waals surface area contributed by atoms with E-state index in [0.29, 0.717) is 24.9 Å². The number of benzene rings is 5. The number of nitrogens with one attached hydrogen (secondary N) is 2. The minimum atomic E-state index is -1.09. The van der Waals surface area contributed by atoms with Crippen LogP contribution in [0.1, 0.15) is 60.4 Å².